The van der Waals surface area contributed by atoms with Gasteiger partial charge in [0.25, 0.3) is 5.56 Å². The highest BCUT2D eigenvalue weighted by Gasteiger charge is 2.29. The molecule has 1 aliphatic rings. The molecule has 1 saturated heterocycles. The van der Waals surface area contributed by atoms with Gasteiger partial charge in [-0.25, -0.2) is 9.78 Å². The van der Waals surface area contributed by atoms with Crippen molar-refractivity contribution in [2.75, 3.05) is 20.8 Å². The number of likely N-dealkylation sites (tertiary alicyclic amines) is 1. The van der Waals surface area contributed by atoms with Crippen molar-refractivity contribution in [1.29, 1.82) is 0 Å². The maximum Gasteiger partial charge on any atom is 0.332 e. The number of hydrogen-bond acceptors (Lipinski definition) is 6. The van der Waals surface area contributed by atoms with Gasteiger partial charge in [0.2, 0.25) is 0 Å². The van der Waals surface area contributed by atoms with E-state index in [2.05, 4.69) is 9.88 Å². The van der Waals surface area contributed by atoms with E-state index in [1.165, 1.54) is 11.6 Å². The molecule has 9 nitrogen and oxygen atoms in total. The van der Waals surface area contributed by atoms with Gasteiger partial charge in [-0.05, 0) is 31.0 Å². The molecule has 0 radical (unpaired) electrons. The first kappa shape index (κ1) is 19.3. The molecule has 1 fully saturated rings. The Bertz CT molecular complexity index is 1180. The fourth-order valence-electron chi connectivity index (χ4n) is 4.19. The Kier molecular flexibility index (Phi) is 4.91. The zero-order valence-electron chi connectivity index (χ0n) is 17.1. The second-order valence-electron chi connectivity index (χ2n) is 7.31. The van der Waals surface area contributed by atoms with E-state index in [9.17, 15) is 9.59 Å². The van der Waals surface area contributed by atoms with Crippen LogP contribution in [0.25, 0.3) is 11.2 Å². The molecule has 1 aromatic carbocycles. The number of aryl methyl sites for hydroxylation is 1. The lowest BCUT2D eigenvalue weighted by Crippen LogP contribution is -2.38. The Labute approximate surface area is 167 Å². The van der Waals surface area contributed by atoms with Crippen molar-refractivity contribution >= 4 is 11.2 Å². The summed E-state index contributed by atoms with van der Waals surface area (Å²) < 4.78 is 15.4. The van der Waals surface area contributed by atoms with Crippen molar-refractivity contribution in [2.45, 2.75) is 25.6 Å². The van der Waals surface area contributed by atoms with Crippen LogP contribution in [-0.4, -0.2) is 44.3 Å². The van der Waals surface area contributed by atoms with Gasteiger partial charge in [-0.3, -0.25) is 18.8 Å². The third kappa shape index (κ3) is 3.11. The first-order valence-corrected chi connectivity index (χ1v) is 9.53. The van der Waals surface area contributed by atoms with E-state index in [0.29, 0.717) is 17.8 Å². The Morgan fingerprint density at radius 2 is 1.93 bits per heavy atom. The van der Waals surface area contributed by atoms with E-state index in [1.54, 1.807) is 27.6 Å². The predicted molar refractivity (Wildman–Crippen MR) is 108 cm³/mol. The normalized spacial score (nSPS) is 17.2. The summed E-state index contributed by atoms with van der Waals surface area (Å²) in [6.45, 7) is 1.41. The van der Waals surface area contributed by atoms with Crippen LogP contribution in [0.4, 0.5) is 0 Å². The average Bonchev–Trinajstić information content (AvgIpc) is 3.37. The Morgan fingerprint density at radius 3 is 2.66 bits per heavy atom. The monoisotopic (exact) mass is 399 g/mol. The summed E-state index contributed by atoms with van der Waals surface area (Å²) in [5.41, 5.74) is 1.15. The summed E-state index contributed by atoms with van der Waals surface area (Å²) in [5, 5.41) is 0. The first-order chi connectivity index (χ1) is 14.0. The van der Waals surface area contributed by atoms with Gasteiger partial charge in [0.05, 0.1) is 27.2 Å². The lowest BCUT2D eigenvalue weighted by molar-refractivity contribution is 0.200. The van der Waals surface area contributed by atoms with E-state index in [-0.39, 0.29) is 17.3 Å². The third-order valence-electron chi connectivity index (χ3n) is 5.70. The first-order valence-electron chi connectivity index (χ1n) is 9.53. The number of benzene rings is 1. The lowest BCUT2D eigenvalue weighted by Gasteiger charge is -2.27. The summed E-state index contributed by atoms with van der Waals surface area (Å²) >= 11 is 0. The van der Waals surface area contributed by atoms with Gasteiger partial charge in [0.15, 0.2) is 11.2 Å². The number of hydrogen-bond donors (Lipinski definition) is 0. The van der Waals surface area contributed by atoms with Crippen molar-refractivity contribution in [3.8, 4) is 11.5 Å². The summed E-state index contributed by atoms with van der Waals surface area (Å²) in [6.07, 6.45) is 3.65. The molecule has 9 heteroatoms. The molecule has 0 amide bonds. The van der Waals surface area contributed by atoms with Crippen molar-refractivity contribution in [2.24, 2.45) is 14.1 Å². The number of nitrogens with zero attached hydrogens (tertiary/aromatic N) is 5. The predicted octanol–water partition coefficient (Wildman–Crippen LogP) is 1.25. The van der Waals surface area contributed by atoms with Gasteiger partial charge in [-0.2, -0.15) is 0 Å². The van der Waals surface area contributed by atoms with E-state index in [0.717, 1.165) is 41.0 Å². The van der Waals surface area contributed by atoms with Crippen molar-refractivity contribution in [3.63, 3.8) is 0 Å². The second-order valence-corrected chi connectivity index (χ2v) is 7.31. The molecule has 0 saturated carbocycles. The SMILES string of the molecule is COc1ccc(OC)c(C2CCCN2Cn2cnc3c(=O)n(C)c(=O)n(C)c32)c1. The highest BCUT2D eigenvalue weighted by Crippen LogP contribution is 2.39. The Morgan fingerprint density at radius 1 is 1.14 bits per heavy atom. The number of aromatic nitrogens is 4. The zero-order chi connectivity index (χ0) is 20.7. The molecule has 29 heavy (non-hydrogen) atoms. The maximum absolute atomic E-state index is 12.4. The van der Waals surface area contributed by atoms with E-state index >= 15 is 0 Å². The summed E-state index contributed by atoms with van der Waals surface area (Å²) in [4.78, 5) is 31.4. The molecule has 3 heterocycles. The molecule has 1 aliphatic heterocycles. The highest BCUT2D eigenvalue weighted by atomic mass is 16.5. The minimum Gasteiger partial charge on any atom is -0.497 e. The van der Waals surface area contributed by atoms with Crippen LogP contribution in [0.1, 0.15) is 24.4 Å². The summed E-state index contributed by atoms with van der Waals surface area (Å²) in [6, 6.07) is 5.96. The lowest BCUT2D eigenvalue weighted by atomic mass is 10.0. The van der Waals surface area contributed by atoms with E-state index in [1.807, 2.05) is 22.8 Å². The average molecular weight is 399 g/mol. The number of methoxy groups -OCH3 is 2. The van der Waals surface area contributed by atoms with Gasteiger partial charge in [0.1, 0.15) is 11.5 Å². The number of imidazole rings is 1. The van der Waals surface area contributed by atoms with Crippen LogP contribution < -0.4 is 20.7 Å². The Hall–Kier alpha value is -3.07. The largest absolute Gasteiger partial charge is 0.497 e. The molecule has 1 atom stereocenters. The van der Waals surface area contributed by atoms with Crippen molar-refractivity contribution in [3.05, 3.63) is 50.9 Å². The van der Waals surface area contributed by atoms with Crippen LogP contribution in [0, 0.1) is 0 Å². The maximum atomic E-state index is 12.4. The molecular formula is C20H25N5O4. The molecule has 154 valence electrons. The van der Waals surface area contributed by atoms with Crippen LogP contribution >= 0.6 is 0 Å². The van der Waals surface area contributed by atoms with Gasteiger partial charge in [-0.1, -0.05) is 0 Å². The van der Waals surface area contributed by atoms with Crippen LogP contribution in [-0.2, 0) is 20.8 Å². The Balaban J connectivity index is 1.74. The molecule has 0 bridgehead atoms. The van der Waals surface area contributed by atoms with Crippen molar-refractivity contribution < 1.29 is 9.47 Å². The zero-order valence-corrected chi connectivity index (χ0v) is 17.1. The van der Waals surface area contributed by atoms with Crippen LogP contribution in [0.2, 0.25) is 0 Å². The molecular weight excluding hydrogens is 374 g/mol. The molecule has 2 aromatic heterocycles. The van der Waals surface area contributed by atoms with Gasteiger partial charge in [-0.15, -0.1) is 0 Å². The van der Waals surface area contributed by atoms with Gasteiger partial charge < -0.3 is 14.0 Å². The van der Waals surface area contributed by atoms with Crippen LogP contribution in [0.3, 0.4) is 0 Å². The van der Waals surface area contributed by atoms with Gasteiger partial charge in [0, 0.05) is 32.2 Å². The third-order valence-corrected chi connectivity index (χ3v) is 5.70. The molecule has 0 aliphatic carbocycles. The fraction of sp³-hybridized carbons (Fsp3) is 0.450. The number of rotatable bonds is 5. The topological polar surface area (TPSA) is 83.5 Å². The fourth-order valence-corrected chi connectivity index (χ4v) is 4.19. The molecule has 0 spiro atoms. The molecule has 1 unspecified atom stereocenters. The van der Waals surface area contributed by atoms with Crippen LogP contribution in [0.15, 0.2) is 34.1 Å². The molecule has 4 rings (SSSR count). The molecule has 0 N–H and O–H groups in total. The summed E-state index contributed by atoms with van der Waals surface area (Å²) in [7, 11) is 6.44. The molecule has 3 aromatic rings. The van der Waals surface area contributed by atoms with Gasteiger partial charge >= 0.3 is 5.69 Å². The van der Waals surface area contributed by atoms with Crippen LogP contribution in [0.5, 0.6) is 11.5 Å². The van der Waals surface area contributed by atoms with Crippen molar-refractivity contribution in [1.82, 2.24) is 23.6 Å². The van der Waals surface area contributed by atoms with E-state index < -0.39 is 0 Å². The number of ether oxygens (including phenoxy) is 2. The second kappa shape index (κ2) is 7.40. The minimum absolute atomic E-state index is 0.140. The van der Waals surface area contributed by atoms with E-state index in [4.69, 9.17) is 9.47 Å². The smallest absolute Gasteiger partial charge is 0.332 e. The summed E-state index contributed by atoms with van der Waals surface area (Å²) in [5.74, 6) is 1.60. The number of fused-ring (bicyclic) bond motifs is 1. The quantitative estimate of drug-likeness (QED) is 0.642. The highest BCUT2D eigenvalue weighted by molar-refractivity contribution is 5.69. The standard InChI is InChI=1S/C20H25N5O4/c1-22-18-17(19(26)23(2)20(22)27)21-11-25(18)12-24-9-5-6-15(24)14-10-13(28-3)7-8-16(14)29-4/h7-8,10-11,15H,5-6,9,12H2,1-4H3. The minimum atomic E-state index is -0.380.